The second-order valence-electron chi connectivity index (χ2n) is 2.79. The lowest BCUT2D eigenvalue weighted by atomic mass is 10.2. The molecule has 1 saturated carbocycles. The molecule has 0 unspecified atom stereocenters. The average Bonchev–Trinajstić information content (AvgIpc) is 2.68. The van der Waals surface area contributed by atoms with Crippen LogP contribution in [-0.2, 0) is 0 Å². The van der Waals surface area contributed by atoms with Gasteiger partial charge in [0, 0.05) is 5.70 Å². The Morgan fingerprint density at radius 2 is 2.20 bits per heavy atom. The van der Waals surface area contributed by atoms with Crippen molar-refractivity contribution in [2.45, 2.75) is 19.8 Å². The fourth-order valence-corrected chi connectivity index (χ4v) is 0.886. The molecule has 1 aliphatic carbocycles. The van der Waals surface area contributed by atoms with E-state index in [9.17, 15) is 0 Å². The summed E-state index contributed by atoms with van der Waals surface area (Å²) in [6.07, 6.45) is 4.63. The summed E-state index contributed by atoms with van der Waals surface area (Å²) < 4.78 is 0. The van der Waals surface area contributed by atoms with Gasteiger partial charge in [0.2, 0.25) is 0 Å². The summed E-state index contributed by atoms with van der Waals surface area (Å²) in [6.45, 7) is 9.32. The molecule has 0 aromatic rings. The van der Waals surface area contributed by atoms with Crippen LogP contribution in [0.1, 0.15) is 19.8 Å². The van der Waals surface area contributed by atoms with Crippen LogP contribution < -0.4 is 0 Å². The van der Waals surface area contributed by atoms with Crippen LogP contribution in [0.4, 0.5) is 0 Å². The molecule has 1 rings (SSSR count). The van der Waals surface area contributed by atoms with E-state index in [-0.39, 0.29) is 0 Å². The number of aliphatic imine (C=N–C) groups is 1. The van der Waals surface area contributed by atoms with Gasteiger partial charge >= 0.3 is 0 Å². The molecule has 0 amide bonds. The highest BCUT2D eigenvalue weighted by Crippen LogP contribution is 2.36. The van der Waals surface area contributed by atoms with Gasteiger partial charge in [0.25, 0.3) is 0 Å². The first kappa shape index (κ1) is 7.26. The van der Waals surface area contributed by atoms with Crippen LogP contribution in [0.15, 0.2) is 28.9 Å². The van der Waals surface area contributed by atoms with Gasteiger partial charge in [-0.05, 0) is 38.5 Å². The zero-order chi connectivity index (χ0) is 7.56. The molecule has 0 heterocycles. The summed E-state index contributed by atoms with van der Waals surface area (Å²) in [5, 5.41) is 0. The zero-order valence-electron chi connectivity index (χ0n) is 6.43. The number of hydrogen-bond donors (Lipinski definition) is 0. The quantitative estimate of drug-likeness (QED) is 0.416. The van der Waals surface area contributed by atoms with Crippen molar-refractivity contribution in [2.24, 2.45) is 10.9 Å². The van der Waals surface area contributed by atoms with Crippen molar-refractivity contribution < 1.29 is 0 Å². The number of allylic oxidation sites excluding steroid dienone is 3. The molecule has 0 aliphatic heterocycles. The predicted octanol–water partition coefficient (Wildman–Crippen LogP) is 2.56. The first-order chi connectivity index (χ1) is 4.74. The molecule has 0 bridgehead atoms. The van der Waals surface area contributed by atoms with Crippen LogP contribution in [0.2, 0.25) is 0 Å². The van der Waals surface area contributed by atoms with E-state index in [0.717, 1.165) is 11.6 Å². The van der Waals surface area contributed by atoms with Gasteiger partial charge in [-0.25, -0.2) is 0 Å². The fourth-order valence-electron chi connectivity index (χ4n) is 0.886. The third-order valence-electron chi connectivity index (χ3n) is 1.75. The van der Waals surface area contributed by atoms with Crippen molar-refractivity contribution in [3.8, 4) is 0 Å². The Labute approximate surface area is 62.2 Å². The summed E-state index contributed by atoms with van der Waals surface area (Å²) in [5.74, 6) is 0.747. The highest BCUT2D eigenvalue weighted by atomic mass is 14.7. The van der Waals surface area contributed by atoms with E-state index in [2.05, 4.69) is 18.3 Å². The van der Waals surface area contributed by atoms with Gasteiger partial charge in [0.05, 0.1) is 0 Å². The first-order valence-electron chi connectivity index (χ1n) is 3.58. The summed E-state index contributed by atoms with van der Waals surface area (Å²) in [5.41, 5.74) is 2.18. The molecule has 0 aromatic heterocycles. The fraction of sp³-hybridized carbons (Fsp3) is 0.444. The van der Waals surface area contributed by atoms with Crippen molar-refractivity contribution in [2.75, 3.05) is 0 Å². The number of hydrogen-bond acceptors (Lipinski definition) is 1. The number of nitrogens with zero attached hydrogens (tertiary/aromatic N) is 1. The zero-order valence-corrected chi connectivity index (χ0v) is 6.43. The van der Waals surface area contributed by atoms with E-state index in [1.165, 1.54) is 18.4 Å². The van der Waals surface area contributed by atoms with Gasteiger partial charge in [-0.1, -0.05) is 12.2 Å². The second-order valence-corrected chi connectivity index (χ2v) is 2.79. The molecule has 0 spiro atoms. The minimum Gasteiger partial charge on any atom is -0.269 e. The molecule has 0 saturated heterocycles. The van der Waals surface area contributed by atoms with Gasteiger partial charge in [0.15, 0.2) is 0 Å². The predicted molar refractivity (Wildman–Crippen MR) is 45.2 cm³/mol. The summed E-state index contributed by atoms with van der Waals surface area (Å²) in [7, 11) is 0. The summed E-state index contributed by atoms with van der Waals surface area (Å²) in [6, 6.07) is 0. The summed E-state index contributed by atoms with van der Waals surface area (Å²) >= 11 is 0. The smallest absolute Gasteiger partial charge is 0.0368 e. The first-order valence-corrected chi connectivity index (χ1v) is 3.58. The van der Waals surface area contributed by atoms with Gasteiger partial charge < -0.3 is 0 Å². The molecule has 54 valence electrons. The van der Waals surface area contributed by atoms with Crippen molar-refractivity contribution >= 4 is 6.72 Å². The maximum absolute atomic E-state index is 3.94. The minimum atomic E-state index is 0.747. The lowest BCUT2D eigenvalue weighted by Gasteiger charge is -1.94. The third kappa shape index (κ3) is 1.83. The van der Waals surface area contributed by atoms with Crippen molar-refractivity contribution in [1.82, 2.24) is 0 Å². The van der Waals surface area contributed by atoms with E-state index < -0.39 is 0 Å². The van der Waals surface area contributed by atoms with Crippen LogP contribution in [0, 0.1) is 5.92 Å². The van der Waals surface area contributed by atoms with Crippen LogP contribution in [0.5, 0.6) is 0 Å². The lowest BCUT2D eigenvalue weighted by Crippen LogP contribution is -1.78. The van der Waals surface area contributed by atoms with Crippen LogP contribution in [0.25, 0.3) is 0 Å². The Morgan fingerprint density at radius 1 is 1.60 bits per heavy atom. The molecule has 0 atom stereocenters. The highest BCUT2D eigenvalue weighted by molar-refractivity contribution is 5.32. The molecule has 1 heteroatoms. The standard InChI is InChI=1S/C9H13N/c1-7(9-4-5-9)6-8(2)10-3/h6,9H,1,3-5H2,2H3/b8-6-. The van der Waals surface area contributed by atoms with Crippen molar-refractivity contribution in [1.29, 1.82) is 0 Å². The molecule has 0 radical (unpaired) electrons. The lowest BCUT2D eigenvalue weighted by molar-refractivity contribution is 1.05. The molecule has 10 heavy (non-hydrogen) atoms. The van der Waals surface area contributed by atoms with Gasteiger partial charge in [0.1, 0.15) is 0 Å². The van der Waals surface area contributed by atoms with E-state index in [4.69, 9.17) is 0 Å². The molecular formula is C9H13N. The summed E-state index contributed by atoms with van der Waals surface area (Å²) in [4.78, 5) is 3.79. The van der Waals surface area contributed by atoms with Crippen molar-refractivity contribution in [3.05, 3.63) is 23.9 Å². The van der Waals surface area contributed by atoms with Gasteiger partial charge in [-0.3, -0.25) is 4.99 Å². The van der Waals surface area contributed by atoms with Crippen LogP contribution >= 0.6 is 0 Å². The Kier molecular flexibility index (Phi) is 2.05. The Hall–Kier alpha value is -0.850. The van der Waals surface area contributed by atoms with E-state index in [1.807, 2.05) is 13.0 Å². The Bertz CT molecular complexity index is 185. The molecule has 1 aliphatic rings. The minimum absolute atomic E-state index is 0.747. The number of rotatable bonds is 3. The molecule has 0 N–H and O–H groups in total. The second kappa shape index (κ2) is 2.82. The monoisotopic (exact) mass is 135 g/mol. The largest absolute Gasteiger partial charge is 0.269 e. The van der Waals surface area contributed by atoms with Crippen molar-refractivity contribution in [3.63, 3.8) is 0 Å². The highest BCUT2D eigenvalue weighted by Gasteiger charge is 2.22. The van der Waals surface area contributed by atoms with Gasteiger partial charge in [-0.15, -0.1) is 0 Å². The van der Waals surface area contributed by atoms with Crippen LogP contribution in [0.3, 0.4) is 0 Å². The molecular weight excluding hydrogens is 122 g/mol. The maximum Gasteiger partial charge on any atom is 0.0368 e. The average molecular weight is 135 g/mol. The Morgan fingerprint density at radius 3 is 2.60 bits per heavy atom. The third-order valence-corrected chi connectivity index (χ3v) is 1.75. The normalized spacial score (nSPS) is 18.7. The van der Waals surface area contributed by atoms with E-state index in [1.54, 1.807) is 0 Å². The molecule has 1 nitrogen and oxygen atoms in total. The topological polar surface area (TPSA) is 12.4 Å². The maximum atomic E-state index is 3.94. The van der Waals surface area contributed by atoms with Gasteiger partial charge in [-0.2, -0.15) is 0 Å². The molecule has 1 fully saturated rings. The SMILES string of the molecule is C=N/C(C)=C\C(=C)C1CC1. The Balaban J connectivity index is 2.49. The molecule has 0 aromatic carbocycles. The van der Waals surface area contributed by atoms with E-state index in [0.29, 0.717) is 0 Å². The van der Waals surface area contributed by atoms with E-state index >= 15 is 0 Å². The van der Waals surface area contributed by atoms with Crippen LogP contribution in [-0.4, -0.2) is 6.72 Å².